The van der Waals surface area contributed by atoms with Crippen molar-refractivity contribution in [3.8, 4) is 0 Å². The molecular formula is C20H24FNO3. The second kappa shape index (κ2) is 6.43. The fourth-order valence-electron chi connectivity index (χ4n) is 5.41. The molecule has 0 heterocycles. The number of ether oxygens (including phenoxy) is 1. The highest BCUT2D eigenvalue weighted by Gasteiger charge is 2.51. The molecule has 4 fully saturated rings. The van der Waals surface area contributed by atoms with Crippen LogP contribution in [0.3, 0.4) is 0 Å². The summed E-state index contributed by atoms with van der Waals surface area (Å²) >= 11 is 0. The van der Waals surface area contributed by atoms with Crippen LogP contribution in [-0.2, 0) is 14.3 Å². The third-order valence-corrected chi connectivity index (χ3v) is 6.29. The fraction of sp³-hybridized carbons (Fsp3) is 0.600. The van der Waals surface area contributed by atoms with Gasteiger partial charge in [-0.25, -0.2) is 4.39 Å². The van der Waals surface area contributed by atoms with E-state index in [1.165, 1.54) is 18.6 Å². The normalized spacial score (nSPS) is 33.8. The minimum absolute atomic E-state index is 0.0588. The van der Waals surface area contributed by atoms with E-state index < -0.39 is 17.8 Å². The fourth-order valence-corrected chi connectivity index (χ4v) is 5.41. The van der Waals surface area contributed by atoms with Crippen molar-refractivity contribution < 1.29 is 18.7 Å². The van der Waals surface area contributed by atoms with Crippen LogP contribution < -0.4 is 5.32 Å². The number of hydrogen-bond acceptors (Lipinski definition) is 3. The van der Waals surface area contributed by atoms with Crippen molar-refractivity contribution >= 4 is 17.6 Å². The van der Waals surface area contributed by atoms with Gasteiger partial charge in [-0.2, -0.15) is 0 Å². The number of amides is 1. The number of anilines is 1. The van der Waals surface area contributed by atoms with Crippen molar-refractivity contribution in [2.75, 3.05) is 5.32 Å². The largest absolute Gasteiger partial charge is 0.452 e. The topological polar surface area (TPSA) is 55.4 Å². The smallest absolute Gasteiger partial charge is 0.310 e. The molecule has 0 radical (unpaired) electrons. The Morgan fingerprint density at radius 2 is 1.68 bits per heavy atom. The summed E-state index contributed by atoms with van der Waals surface area (Å²) in [6.45, 7) is 1.55. The lowest BCUT2D eigenvalue weighted by Crippen LogP contribution is -2.49. The van der Waals surface area contributed by atoms with Gasteiger partial charge < -0.3 is 10.1 Å². The number of carbonyl (C=O) groups excluding carboxylic acids is 2. The van der Waals surface area contributed by atoms with Gasteiger partial charge in [0.2, 0.25) is 0 Å². The minimum Gasteiger partial charge on any atom is -0.452 e. The molecule has 0 aromatic heterocycles. The number of para-hydroxylation sites is 1. The maximum Gasteiger partial charge on any atom is 0.310 e. The molecule has 0 spiro atoms. The van der Waals surface area contributed by atoms with Crippen LogP contribution in [0.2, 0.25) is 0 Å². The van der Waals surface area contributed by atoms with Gasteiger partial charge in [-0.3, -0.25) is 9.59 Å². The predicted octanol–water partition coefficient (Wildman–Crippen LogP) is 3.77. The molecule has 4 aliphatic rings. The molecule has 0 aliphatic heterocycles. The van der Waals surface area contributed by atoms with Gasteiger partial charge in [0.25, 0.3) is 5.91 Å². The number of esters is 1. The third-order valence-electron chi connectivity index (χ3n) is 6.29. The van der Waals surface area contributed by atoms with Crippen LogP contribution in [0.25, 0.3) is 0 Å². The van der Waals surface area contributed by atoms with E-state index in [0.717, 1.165) is 37.5 Å². The van der Waals surface area contributed by atoms with E-state index in [-0.39, 0.29) is 17.6 Å². The second-order valence-electron chi connectivity index (χ2n) is 8.00. The van der Waals surface area contributed by atoms with E-state index in [1.54, 1.807) is 19.1 Å². The van der Waals surface area contributed by atoms with Crippen molar-refractivity contribution in [3.63, 3.8) is 0 Å². The van der Waals surface area contributed by atoms with Crippen LogP contribution in [0.5, 0.6) is 0 Å². The Bertz CT molecular complexity index is 661. The summed E-state index contributed by atoms with van der Waals surface area (Å²) in [5.74, 6) is 1.11. The highest BCUT2D eigenvalue weighted by atomic mass is 19.1. The van der Waals surface area contributed by atoms with Crippen molar-refractivity contribution in [1.82, 2.24) is 0 Å². The van der Waals surface area contributed by atoms with Crippen molar-refractivity contribution in [3.05, 3.63) is 30.1 Å². The molecule has 4 saturated carbocycles. The van der Waals surface area contributed by atoms with E-state index in [0.29, 0.717) is 11.8 Å². The van der Waals surface area contributed by atoms with Gasteiger partial charge in [0.1, 0.15) is 5.82 Å². The number of halogens is 1. The lowest BCUT2D eigenvalue weighted by molar-refractivity contribution is -0.169. The van der Waals surface area contributed by atoms with Gasteiger partial charge in [-0.05, 0) is 74.8 Å². The van der Waals surface area contributed by atoms with Gasteiger partial charge >= 0.3 is 5.97 Å². The zero-order valence-electron chi connectivity index (χ0n) is 14.4. The van der Waals surface area contributed by atoms with Gasteiger partial charge in [0, 0.05) is 0 Å². The van der Waals surface area contributed by atoms with E-state index in [2.05, 4.69) is 5.32 Å². The molecule has 134 valence electrons. The first-order valence-electron chi connectivity index (χ1n) is 9.27. The first-order valence-corrected chi connectivity index (χ1v) is 9.27. The summed E-state index contributed by atoms with van der Waals surface area (Å²) in [4.78, 5) is 24.9. The molecule has 4 bridgehead atoms. The highest BCUT2D eigenvalue weighted by Crippen LogP contribution is 2.56. The summed E-state index contributed by atoms with van der Waals surface area (Å²) in [5, 5.41) is 2.49. The SMILES string of the molecule is C[C@@H](OC(=O)C1C2CC3CC(C2)CC1C3)C(=O)Nc1ccccc1F. The van der Waals surface area contributed by atoms with E-state index >= 15 is 0 Å². The molecule has 25 heavy (non-hydrogen) atoms. The van der Waals surface area contributed by atoms with Crippen LogP contribution >= 0.6 is 0 Å². The van der Waals surface area contributed by atoms with Crippen LogP contribution in [0, 0.1) is 35.4 Å². The molecule has 5 rings (SSSR count). The van der Waals surface area contributed by atoms with E-state index in [9.17, 15) is 14.0 Å². The number of benzene rings is 1. The second-order valence-corrected chi connectivity index (χ2v) is 8.00. The van der Waals surface area contributed by atoms with Crippen LogP contribution in [0.4, 0.5) is 10.1 Å². The van der Waals surface area contributed by atoms with Gasteiger partial charge in [0.05, 0.1) is 11.6 Å². The maximum absolute atomic E-state index is 13.6. The maximum atomic E-state index is 13.6. The quantitative estimate of drug-likeness (QED) is 0.845. The molecule has 1 amide bonds. The van der Waals surface area contributed by atoms with Gasteiger partial charge in [-0.1, -0.05) is 12.1 Å². The first kappa shape index (κ1) is 16.6. The summed E-state index contributed by atoms with van der Waals surface area (Å²) in [6.07, 6.45) is 4.91. The molecule has 1 aromatic rings. The lowest BCUT2D eigenvalue weighted by atomic mass is 9.52. The zero-order valence-corrected chi connectivity index (χ0v) is 14.4. The number of nitrogens with one attached hydrogen (secondary N) is 1. The average Bonchev–Trinajstić information content (AvgIpc) is 2.55. The summed E-state index contributed by atoms with van der Waals surface area (Å²) in [6, 6.07) is 5.96. The van der Waals surface area contributed by atoms with Crippen LogP contribution in [0.1, 0.15) is 39.0 Å². The molecule has 4 aliphatic carbocycles. The Morgan fingerprint density at radius 1 is 1.08 bits per heavy atom. The van der Waals surface area contributed by atoms with Crippen molar-refractivity contribution in [1.29, 1.82) is 0 Å². The van der Waals surface area contributed by atoms with Crippen LogP contribution in [0.15, 0.2) is 24.3 Å². The van der Waals surface area contributed by atoms with Crippen molar-refractivity contribution in [2.24, 2.45) is 29.6 Å². The first-order chi connectivity index (χ1) is 12.0. The summed E-state index contributed by atoms with van der Waals surface area (Å²) in [5.41, 5.74) is 0.102. The molecule has 0 unspecified atom stereocenters. The third kappa shape index (κ3) is 3.16. The number of carbonyl (C=O) groups is 2. The Labute approximate surface area is 147 Å². The van der Waals surface area contributed by atoms with Gasteiger partial charge in [-0.15, -0.1) is 0 Å². The molecule has 4 nitrogen and oxygen atoms in total. The monoisotopic (exact) mass is 345 g/mol. The predicted molar refractivity (Wildman–Crippen MR) is 91.1 cm³/mol. The zero-order chi connectivity index (χ0) is 17.6. The molecular weight excluding hydrogens is 321 g/mol. The Morgan fingerprint density at radius 3 is 2.28 bits per heavy atom. The van der Waals surface area contributed by atoms with E-state index in [1.807, 2.05) is 0 Å². The Balaban J connectivity index is 1.37. The lowest BCUT2D eigenvalue weighted by Gasteiger charge is -2.53. The number of rotatable bonds is 4. The molecule has 1 atom stereocenters. The number of hydrogen-bond donors (Lipinski definition) is 1. The highest BCUT2D eigenvalue weighted by molar-refractivity contribution is 5.95. The molecule has 1 aromatic carbocycles. The van der Waals surface area contributed by atoms with E-state index in [4.69, 9.17) is 4.74 Å². The van der Waals surface area contributed by atoms with Crippen molar-refractivity contribution in [2.45, 2.75) is 45.1 Å². The van der Waals surface area contributed by atoms with Gasteiger partial charge in [0.15, 0.2) is 6.10 Å². The Kier molecular flexibility index (Phi) is 4.26. The molecule has 0 saturated heterocycles. The minimum atomic E-state index is -0.927. The Hall–Kier alpha value is -1.91. The molecule has 5 heteroatoms. The standard InChI is InChI=1S/C20H24FNO3/c1-11(19(23)22-17-5-3-2-4-16(17)21)25-20(24)18-14-7-12-6-13(9-14)10-15(18)8-12/h2-5,11-15,18H,6-10H2,1H3,(H,22,23)/t11-,12?,13?,14?,15?,18?/m1/s1. The average molecular weight is 345 g/mol. The summed E-state index contributed by atoms with van der Waals surface area (Å²) < 4.78 is 19.1. The summed E-state index contributed by atoms with van der Waals surface area (Å²) in [7, 11) is 0. The molecule has 1 N–H and O–H groups in total. The van der Waals surface area contributed by atoms with Crippen LogP contribution in [-0.4, -0.2) is 18.0 Å².